The van der Waals surface area contributed by atoms with Gasteiger partial charge in [0.15, 0.2) is 0 Å². The number of nitrogens with two attached hydrogens (primary N) is 1. The molecule has 0 aromatic heterocycles. The molecule has 184 valence electrons. The second kappa shape index (κ2) is 8.17. The lowest BCUT2D eigenvalue weighted by atomic mass is 9.52. The molecular formula is C29H46N2O2. The van der Waals surface area contributed by atoms with Crippen LogP contribution >= 0.6 is 0 Å². The fourth-order valence-corrected chi connectivity index (χ4v) is 9.96. The van der Waals surface area contributed by atoms with Gasteiger partial charge in [0.05, 0.1) is 11.7 Å². The molecule has 0 unspecified atom stereocenters. The summed E-state index contributed by atoms with van der Waals surface area (Å²) in [5.41, 5.74) is 9.91. The predicted molar refractivity (Wildman–Crippen MR) is 132 cm³/mol. The van der Waals surface area contributed by atoms with Gasteiger partial charge >= 0.3 is 0 Å². The summed E-state index contributed by atoms with van der Waals surface area (Å²) in [4.78, 5) is 14.9. The molecule has 0 radical (unpaired) electrons. The molecule has 0 aromatic rings. The third-order valence-electron chi connectivity index (χ3n) is 11.5. The normalized spacial score (nSPS) is 50.1. The van der Waals surface area contributed by atoms with Crippen LogP contribution in [0.1, 0.15) is 91.4 Å². The fourth-order valence-electron chi connectivity index (χ4n) is 9.96. The van der Waals surface area contributed by atoms with Crippen LogP contribution in [-0.4, -0.2) is 48.1 Å². The lowest BCUT2D eigenvalue weighted by molar-refractivity contribution is -0.129. The van der Waals surface area contributed by atoms with E-state index < -0.39 is 0 Å². The molecule has 0 amide bonds. The van der Waals surface area contributed by atoms with E-state index in [-0.39, 0.29) is 5.60 Å². The highest BCUT2D eigenvalue weighted by Gasteiger charge is 2.58. The van der Waals surface area contributed by atoms with Gasteiger partial charge in [-0.15, -0.1) is 0 Å². The van der Waals surface area contributed by atoms with E-state index in [2.05, 4.69) is 25.7 Å². The van der Waals surface area contributed by atoms with Gasteiger partial charge in [0.25, 0.3) is 0 Å². The minimum absolute atomic E-state index is 0.0571. The van der Waals surface area contributed by atoms with E-state index in [1.165, 1.54) is 51.5 Å². The van der Waals surface area contributed by atoms with Crippen molar-refractivity contribution in [3.05, 3.63) is 11.1 Å². The van der Waals surface area contributed by atoms with Crippen molar-refractivity contribution in [2.75, 3.05) is 19.6 Å². The Morgan fingerprint density at radius 3 is 2.85 bits per heavy atom. The zero-order chi connectivity index (χ0) is 23.0. The summed E-state index contributed by atoms with van der Waals surface area (Å²) < 4.78 is 7.06. The van der Waals surface area contributed by atoms with Gasteiger partial charge in [-0.2, -0.15) is 0 Å². The number of carbonyl (C=O) groups excluding carboxylic acids is 1. The van der Waals surface area contributed by atoms with Gasteiger partial charge in [0.2, 0.25) is 0 Å². The quantitative estimate of drug-likeness (QED) is 0.590. The SMILES string of the molecule is CC1=C2C[C@H]3[C@@H](CC[C@@H]4CC(=O)CC[C@@]43C)[C@@H]2CC[C@]2(C1)C[C@H]1[C@@H](C[C@H](C)CN1CCN)O2. The lowest BCUT2D eigenvalue weighted by Gasteiger charge is -2.52. The molecule has 4 nitrogen and oxygen atoms in total. The topological polar surface area (TPSA) is 55.6 Å². The average Bonchev–Trinajstić information content (AvgIpc) is 3.28. The van der Waals surface area contributed by atoms with Gasteiger partial charge in [-0.1, -0.05) is 25.0 Å². The smallest absolute Gasteiger partial charge is 0.133 e. The number of Topliss-reactive ketones (excluding diaryl/α,β-unsaturated/α-hetero) is 1. The minimum Gasteiger partial charge on any atom is -0.370 e. The van der Waals surface area contributed by atoms with Gasteiger partial charge in [-0.25, -0.2) is 0 Å². The van der Waals surface area contributed by atoms with Crippen molar-refractivity contribution in [1.82, 2.24) is 4.90 Å². The molecule has 2 heterocycles. The summed E-state index contributed by atoms with van der Waals surface area (Å²) in [6.45, 7) is 10.3. The van der Waals surface area contributed by atoms with Crippen LogP contribution in [-0.2, 0) is 9.53 Å². The zero-order valence-electron chi connectivity index (χ0n) is 21.3. The maximum Gasteiger partial charge on any atom is 0.133 e. The number of carbonyl (C=O) groups is 1. The molecule has 4 aliphatic carbocycles. The van der Waals surface area contributed by atoms with E-state index in [9.17, 15) is 4.79 Å². The first-order valence-electron chi connectivity index (χ1n) is 14.1. The summed E-state index contributed by atoms with van der Waals surface area (Å²) in [5.74, 6) is 4.30. The maximum atomic E-state index is 12.2. The standard InChI is InChI=1S/C29H46N2O2/c1-18-12-27-26(31(17-18)11-10-30)16-29(33-27)9-7-22-23-5-4-20-13-21(32)6-8-28(20,3)25(23)14-24(22)19(2)15-29/h18,20,22-23,25-27H,4-17,30H2,1-3H3/t18-,20+,22-,23-,25-,26-,27+,28-,29-/m0/s1. The molecule has 33 heavy (non-hydrogen) atoms. The van der Waals surface area contributed by atoms with E-state index >= 15 is 0 Å². The van der Waals surface area contributed by atoms with Crippen LogP contribution in [0.15, 0.2) is 11.1 Å². The maximum absolute atomic E-state index is 12.2. The number of allylic oxidation sites excluding steroid dienone is 1. The lowest BCUT2D eigenvalue weighted by Crippen LogP contribution is -2.50. The van der Waals surface area contributed by atoms with E-state index in [0.717, 1.165) is 56.5 Å². The molecule has 5 fully saturated rings. The third kappa shape index (κ3) is 3.61. The van der Waals surface area contributed by atoms with Gasteiger partial charge < -0.3 is 10.5 Å². The van der Waals surface area contributed by atoms with Gasteiger partial charge in [-0.05, 0) is 99.7 Å². The van der Waals surface area contributed by atoms with Crippen molar-refractivity contribution >= 4 is 5.78 Å². The Balaban J connectivity index is 1.24. The van der Waals surface area contributed by atoms with E-state index in [4.69, 9.17) is 10.5 Å². The van der Waals surface area contributed by atoms with Crippen LogP contribution in [0, 0.1) is 35.0 Å². The number of likely N-dealkylation sites (tertiary alicyclic amines) is 1. The number of ketones is 1. The zero-order valence-corrected chi connectivity index (χ0v) is 21.3. The van der Waals surface area contributed by atoms with Crippen LogP contribution in [0.3, 0.4) is 0 Å². The van der Waals surface area contributed by atoms with E-state index in [0.29, 0.717) is 35.2 Å². The Kier molecular flexibility index (Phi) is 5.63. The van der Waals surface area contributed by atoms with Gasteiger partial charge in [-0.3, -0.25) is 9.69 Å². The molecule has 2 aliphatic heterocycles. The molecule has 2 saturated heterocycles. The predicted octanol–water partition coefficient (Wildman–Crippen LogP) is 5.11. The number of nitrogens with zero attached hydrogens (tertiary/aromatic N) is 1. The van der Waals surface area contributed by atoms with E-state index in [1.54, 1.807) is 5.57 Å². The number of hydrogen-bond donors (Lipinski definition) is 1. The summed E-state index contributed by atoms with van der Waals surface area (Å²) >= 11 is 0. The fraction of sp³-hybridized carbons (Fsp3) is 0.897. The van der Waals surface area contributed by atoms with Crippen LogP contribution < -0.4 is 5.73 Å². The first kappa shape index (κ1) is 22.7. The van der Waals surface area contributed by atoms with Crippen LogP contribution in [0.25, 0.3) is 0 Å². The second-order valence-electron chi connectivity index (χ2n) is 13.4. The molecule has 0 bridgehead atoms. The molecule has 2 N–H and O–H groups in total. The third-order valence-corrected chi connectivity index (χ3v) is 11.5. The van der Waals surface area contributed by atoms with E-state index in [1.807, 2.05) is 5.57 Å². The molecule has 6 aliphatic rings. The van der Waals surface area contributed by atoms with Crippen molar-refractivity contribution in [3.8, 4) is 0 Å². The first-order valence-corrected chi connectivity index (χ1v) is 14.1. The Labute approximate surface area is 201 Å². The van der Waals surface area contributed by atoms with Crippen molar-refractivity contribution < 1.29 is 9.53 Å². The highest BCUT2D eigenvalue weighted by molar-refractivity contribution is 5.79. The largest absolute Gasteiger partial charge is 0.370 e. The number of fused-ring (bicyclic) bond motifs is 6. The average molecular weight is 455 g/mol. The molecule has 9 atom stereocenters. The Morgan fingerprint density at radius 1 is 1.18 bits per heavy atom. The van der Waals surface area contributed by atoms with Crippen LogP contribution in [0.2, 0.25) is 0 Å². The molecule has 6 rings (SSSR count). The molecule has 4 heteroatoms. The number of hydrogen-bond acceptors (Lipinski definition) is 4. The van der Waals surface area contributed by atoms with Gasteiger partial charge in [0, 0.05) is 38.5 Å². The number of ether oxygens (including phenoxy) is 1. The summed E-state index contributed by atoms with van der Waals surface area (Å²) in [7, 11) is 0. The minimum atomic E-state index is 0.0571. The molecule has 0 aromatic carbocycles. The van der Waals surface area contributed by atoms with Crippen LogP contribution in [0.4, 0.5) is 0 Å². The monoisotopic (exact) mass is 454 g/mol. The Hall–Kier alpha value is -0.710. The van der Waals surface area contributed by atoms with Crippen molar-refractivity contribution in [1.29, 1.82) is 0 Å². The molecular weight excluding hydrogens is 408 g/mol. The van der Waals surface area contributed by atoms with Crippen molar-refractivity contribution in [2.24, 2.45) is 40.7 Å². The first-order chi connectivity index (χ1) is 15.8. The Morgan fingerprint density at radius 2 is 2.03 bits per heavy atom. The van der Waals surface area contributed by atoms with Gasteiger partial charge in [0.1, 0.15) is 5.78 Å². The molecule has 1 spiro atoms. The highest BCUT2D eigenvalue weighted by atomic mass is 16.5. The summed E-state index contributed by atoms with van der Waals surface area (Å²) in [5, 5.41) is 0. The second-order valence-corrected chi connectivity index (χ2v) is 13.4. The molecule has 3 saturated carbocycles. The Bertz CT molecular complexity index is 837. The summed E-state index contributed by atoms with van der Waals surface area (Å²) in [6, 6.07) is 0.572. The summed E-state index contributed by atoms with van der Waals surface area (Å²) in [6.07, 6.45) is 13.3. The number of rotatable bonds is 2. The number of piperidine rings is 1. The highest BCUT2D eigenvalue weighted by Crippen LogP contribution is 2.64. The van der Waals surface area contributed by atoms with Crippen LogP contribution in [0.5, 0.6) is 0 Å². The van der Waals surface area contributed by atoms with Crippen molar-refractivity contribution in [3.63, 3.8) is 0 Å². The van der Waals surface area contributed by atoms with Crippen molar-refractivity contribution in [2.45, 2.75) is 109 Å².